The van der Waals surface area contributed by atoms with E-state index in [9.17, 15) is 14.7 Å². The average Bonchev–Trinajstić information content (AvgIpc) is 2.73. The zero-order valence-electron chi connectivity index (χ0n) is 19.3. The number of carbonyl (C=O) groups is 2. The van der Waals surface area contributed by atoms with Gasteiger partial charge in [0.25, 0.3) is 0 Å². The summed E-state index contributed by atoms with van der Waals surface area (Å²) in [5.74, 6) is -1.02. The maximum Gasteiger partial charge on any atom is 0.310 e. The zero-order chi connectivity index (χ0) is 22.2. The molecule has 1 N–H and O–H groups in total. The predicted molar refractivity (Wildman–Crippen MR) is 123 cm³/mol. The van der Waals surface area contributed by atoms with Gasteiger partial charge in [0.15, 0.2) is 0 Å². The minimum Gasteiger partial charge on any atom is -0.481 e. The highest BCUT2D eigenvalue weighted by molar-refractivity contribution is 5.76. The Balaban J connectivity index is 2.50. The first-order chi connectivity index (χ1) is 14.5. The van der Waals surface area contributed by atoms with Crippen LogP contribution in [-0.4, -0.2) is 23.1 Å². The Bertz CT molecular complexity index is 584. The van der Waals surface area contributed by atoms with Crippen molar-refractivity contribution in [2.45, 2.75) is 110 Å². The monoisotopic (exact) mass is 418 g/mol. The third-order valence-electron chi connectivity index (χ3n) is 5.83. The molecular weight excluding hydrogens is 376 g/mol. The van der Waals surface area contributed by atoms with Crippen LogP contribution in [0.5, 0.6) is 0 Å². The highest BCUT2D eigenvalue weighted by Crippen LogP contribution is 2.30. The van der Waals surface area contributed by atoms with E-state index in [4.69, 9.17) is 4.74 Å². The van der Waals surface area contributed by atoms with Gasteiger partial charge >= 0.3 is 11.9 Å². The van der Waals surface area contributed by atoms with Gasteiger partial charge in [0.2, 0.25) is 0 Å². The van der Waals surface area contributed by atoms with E-state index in [0.717, 1.165) is 50.5 Å². The van der Waals surface area contributed by atoms with E-state index in [0.29, 0.717) is 18.8 Å². The van der Waals surface area contributed by atoms with Gasteiger partial charge in [-0.15, -0.1) is 0 Å². The Morgan fingerprint density at radius 3 is 2.20 bits per heavy atom. The van der Waals surface area contributed by atoms with E-state index in [1.165, 1.54) is 19.3 Å². The maximum atomic E-state index is 12.1. The minimum absolute atomic E-state index is 0.100. The molecule has 0 fully saturated rings. The molecule has 0 aliphatic carbocycles. The third kappa shape index (κ3) is 11.4. The molecule has 1 aromatic carbocycles. The van der Waals surface area contributed by atoms with Gasteiger partial charge in [-0.1, -0.05) is 89.1 Å². The summed E-state index contributed by atoms with van der Waals surface area (Å²) in [6.45, 7) is 6.30. The minimum atomic E-state index is -0.759. The van der Waals surface area contributed by atoms with Crippen LogP contribution in [0.2, 0.25) is 0 Å². The van der Waals surface area contributed by atoms with E-state index in [2.05, 4.69) is 13.8 Å². The van der Waals surface area contributed by atoms with Crippen molar-refractivity contribution in [2.75, 3.05) is 0 Å². The van der Waals surface area contributed by atoms with Gasteiger partial charge in [0, 0.05) is 6.42 Å². The summed E-state index contributed by atoms with van der Waals surface area (Å²) in [6, 6.07) is 9.52. The lowest BCUT2D eigenvalue weighted by Gasteiger charge is -2.23. The summed E-state index contributed by atoms with van der Waals surface area (Å²) >= 11 is 0. The molecule has 1 rings (SSSR count). The molecule has 0 saturated heterocycles. The quantitative estimate of drug-likeness (QED) is 0.216. The second-order valence-electron chi connectivity index (χ2n) is 8.59. The molecule has 3 atom stereocenters. The fraction of sp³-hybridized carbons (Fsp3) is 0.692. The SMILES string of the molecule is CCCCCCCC(=O)OC(C)CCC(CCCC)CC(C(=O)O)c1ccccc1. The van der Waals surface area contributed by atoms with Crippen molar-refractivity contribution in [2.24, 2.45) is 5.92 Å². The van der Waals surface area contributed by atoms with Crippen molar-refractivity contribution in [3.05, 3.63) is 35.9 Å². The van der Waals surface area contributed by atoms with Crippen molar-refractivity contribution < 1.29 is 19.4 Å². The van der Waals surface area contributed by atoms with Crippen molar-refractivity contribution in [1.29, 1.82) is 0 Å². The number of benzene rings is 1. The van der Waals surface area contributed by atoms with E-state index in [-0.39, 0.29) is 12.1 Å². The Morgan fingerprint density at radius 1 is 0.900 bits per heavy atom. The van der Waals surface area contributed by atoms with Gasteiger partial charge in [-0.25, -0.2) is 0 Å². The molecule has 0 amide bonds. The van der Waals surface area contributed by atoms with Gasteiger partial charge in [-0.05, 0) is 44.1 Å². The van der Waals surface area contributed by atoms with Crippen LogP contribution in [0.1, 0.15) is 109 Å². The Morgan fingerprint density at radius 2 is 1.57 bits per heavy atom. The lowest BCUT2D eigenvalue weighted by molar-refractivity contribution is -0.148. The molecule has 0 heterocycles. The molecule has 170 valence electrons. The molecule has 30 heavy (non-hydrogen) atoms. The van der Waals surface area contributed by atoms with E-state index in [1.54, 1.807) is 0 Å². The van der Waals surface area contributed by atoms with E-state index >= 15 is 0 Å². The zero-order valence-corrected chi connectivity index (χ0v) is 19.3. The van der Waals surface area contributed by atoms with Crippen LogP contribution in [0.15, 0.2) is 30.3 Å². The largest absolute Gasteiger partial charge is 0.481 e. The lowest BCUT2D eigenvalue weighted by atomic mass is 9.83. The number of esters is 1. The van der Waals surface area contributed by atoms with Gasteiger partial charge in [0.1, 0.15) is 0 Å². The molecule has 1 aromatic rings. The van der Waals surface area contributed by atoms with E-state index < -0.39 is 11.9 Å². The van der Waals surface area contributed by atoms with Crippen molar-refractivity contribution in [3.8, 4) is 0 Å². The first kappa shape index (κ1) is 26.2. The molecule has 0 aliphatic heterocycles. The van der Waals surface area contributed by atoms with Crippen LogP contribution >= 0.6 is 0 Å². The molecule has 0 saturated carbocycles. The summed E-state index contributed by atoms with van der Waals surface area (Å²) in [7, 11) is 0. The number of hydrogen-bond donors (Lipinski definition) is 1. The molecule has 0 aromatic heterocycles. The number of carboxylic acids is 1. The normalized spacial score (nSPS) is 14.1. The highest BCUT2D eigenvalue weighted by atomic mass is 16.5. The number of ether oxygens (including phenoxy) is 1. The van der Waals surface area contributed by atoms with E-state index in [1.807, 2.05) is 37.3 Å². The van der Waals surface area contributed by atoms with Gasteiger partial charge in [-0.2, -0.15) is 0 Å². The first-order valence-corrected chi connectivity index (χ1v) is 11.9. The van der Waals surface area contributed by atoms with Crippen molar-refractivity contribution in [3.63, 3.8) is 0 Å². The number of rotatable bonds is 17. The Hall–Kier alpha value is -1.84. The van der Waals surface area contributed by atoms with Crippen LogP contribution < -0.4 is 0 Å². The average molecular weight is 419 g/mol. The summed E-state index contributed by atoms with van der Waals surface area (Å²) in [5.41, 5.74) is 0.869. The van der Waals surface area contributed by atoms with Gasteiger partial charge < -0.3 is 9.84 Å². The molecule has 3 unspecified atom stereocenters. The standard InChI is InChI=1S/C26H42O4/c1-4-6-8-9-13-17-25(27)30-21(3)18-19-22(14-7-5-2)20-24(26(28)29)23-15-11-10-12-16-23/h10-12,15-16,21-22,24H,4-9,13-14,17-20H2,1-3H3,(H,28,29). The topological polar surface area (TPSA) is 63.6 Å². The predicted octanol–water partition coefficient (Wildman–Crippen LogP) is 7.12. The molecule has 0 radical (unpaired) electrons. The van der Waals surface area contributed by atoms with Gasteiger partial charge in [-0.3, -0.25) is 9.59 Å². The third-order valence-corrected chi connectivity index (χ3v) is 5.83. The Kier molecular flexibility index (Phi) is 13.9. The summed E-state index contributed by atoms with van der Waals surface area (Å²) in [6.07, 6.45) is 11.5. The maximum absolute atomic E-state index is 12.1. The lowest BCUT2D eigenvalue weighted by Crippen LogP contribution is -2.19. The van der Waals surface area contributed by atoms with Crippen LogP contribution in [0.3, 0.4) is 0 Å². The molecule has 0 aliphatic rings. The smallest absolute Gasteiger partial charge is 0.310 e. The Labute approximate surface area is 183 Å². The highest BCUT2D eigenvalue weighted by Gasteiger charge is 2.24. The number of hydrogen-bond acceptors (Lipinski definition) is 3. The number of aliphatic carboxylic acids is 1. The second kappa shape index (κ2) is 15.9. The number of unbranched alkanes of at least 4 members (excludes halogenated alkanes) is 5. The fourth-order valence-electron chi connectivity index (χ4n) is 3.96. The van der Waals surface area contributed by atoms with Gasteiger partial charge in [0.05, 0.1) is 12.0 Å². The first-order valence-electron chi connectivity index (χ1n) is 11.9. The molecule has 4 nitrogen and oxygen atoms in total. The molecule has 0 spiro atoms. The van der Waals surface area contributed by atoms with Crippen LogP contribution in [-0.2, 0) is 14.3 Å². The van der Waals surface area contributed by atoms with Crippen molar-refractivity contribution >= 4 is 11.9 Å². The van der Waals surface area contributed by atoms with Crippen LogP contribution in [0, 0.1) is 5.92 Å². The van der Waals surface area contributed by atoms with Crippen molar-refractivity contribution in [1.82, 2.24) is 0 Å². The van der Waals surface area contributed by atoms with Crippen LogP contribution in [0.4, 0.5) is 0 Å². The molecule has 0 bridgehead atoms. The summed E-state index contributed by atoms with van der Waals surface area (Å²) in [4.78, 5) is 23.9. The number of carbonyl (C=O) groups excluding carboxylic acids is 1. The molecular formula is C26H42O4. The fourth-order valence-corrected chi connectivity index (χ4v) is 3.96. The second-order valence-corrected chi connectivity index (χ2v) is 8.59. The molecule has 4 heteroatoms. The van der Waals surface area contributed by atoms with Crippen LogP contribution in [0.25, 0.3) is 0 Å². The summed E-state index contributed by atoms with van der Waals surface area (Å²) < 4.78 is 5.59. The summed E-state index contributed by atoms with van der Waals surface area (Å²) in [5, 5.41) is 9.76. The number of carboxylic acid groups (broad SMARTS) is 1.